The van der Waals surface area contributed by atoms with Crippen LogP contribution in [0.4, 0.5) is 11.4 Å². The van der Waals surface area contributed by atoms with Crippen LogP contribution in [0.5, 0.6) is 0 Å². The number of nitrogens with zero attached hydrogens (tertiary/aromatic N) is 3. The summed E-state index contributed by atoms with van der Waals surface area (Å²) in [4.78, 5) is 14.0. The smallest absolute Gasteiger partial charge is 0.372 e. The number of benzene rings is 1. The zero-order valence-corrected chi connectivity index (χ0v) is 25.4. The summed E-state index contributed by atoms with van der Waals surface area (Å²) in [7, 11) is -7.56. The molecule has 2 heterocycles. The molecule has 2 aliphatic heterocycles. The number of anilines is 2. The van der Waals surface area contributed by atoms with Gasteiger partial charge >= 0.3 is 19.4 Å². The first-order valence-corrected chi connectivity index (χ1v) is 16.5. The molecule has 214 valence electrons. The van der Waals surface area contributed by atoms with E-state index < -0.39 is 34.1 Å². The molecule has 40 heavy (non-hydrogen) atoms. The van der Waals surface area contributed by atoms with Crippen LogP contribution in [-0.4, -0.2) is 66.1 Å². The van der Waals surface area contributed by atoms with Crippen molar-refractivity contribution in [1.29, 1.82) is 0 Å². The highest BCUT2D eigenvalue weighted by molar-refractivity contribution is 7.92. The fourth-order valence-electron chi connectivity index (χ4n) is 4.26. The molecular formula is C26H33N5O6PS2+. The number of aliphatic hydroxyl groups is 1. The van der Waals surface area contributed by atoms with Crippen LogP contribution in [-0.2, 0) is 23.9 Å². The Labute approximate surface area is 239 Å². The molecule has 0 saturated carbocycles. The summed E-state index contributed by atoms with van der Waals surface area (Å²) >= 11 is 5.27. The number of hydrogen-bond acceptors (Lipinski definition) is 9. The van der Waals surface area contributed by atoms with E-state index in [0.717, 1.165) is 6.26 Å². The van der Waals surface area contributed by atoms with E-state index in [4.69, 9.17) is 21.8 Å². The lowest BCUT2D eigenvalue weighted by Gasteiger charge is -2.35. The first-order valence-electron chi connectivity index (χ1n) is 12.6. The van der Waals surface area contributed by atoms with E-state index in [2.05, 4.69) is 14.8 Å². The van der Waals surface area contributed by atoms with Gasteiger partial charge in [-0.15, -0.1) is 4.76 Å². The topological polar surface area (TPSA) is 147 Å². The van der Waals surface area contributed by atoms with Crippen molar-refractivity contribution in [3.05, 3.63) is 54.2 Å². The van der Waals surface area contributed by atoms with Gasteiger partial charge in [0.2, 0.25) is 10.0 Å². The number of aliphatic hydroxyl groups excluding tert-OH is 1. The molecule has 0 bridgehead atoms. The molecule has 1 amide bonds. The number of sulfonamides is 1. The number of nitrogens with one attached hydrogen (secondary N) is 2. The second-order valence-electron chi connectivity index (χ2n) is 10.9. The highest BCUT2D eigenvalue weighted by Crippen LogP contribution is 2.53. The summed E-state index contributed by atoms with van der Waals surface area (Å²) in [6.45, 7) is 8.04. The normalized spacial score (nSPS) is 26.4. The van der Waals surface area contributed by atoms with Crippen LogP contribution in [0.15, 0.2) is 64.0 Å². The van der Waals surface area contributed by atoms with E-state index in [1.165, 1.54) is 18.2 Å². The minimum absolute atomic E-state index is 0.0206. The summed E-state index contributed by atoms with van der Waals surface area (Å²) in [5.41, 5.74) is 1.42. The molecule has 0 saturated heterocycles. The maximum absolute atomic E-state index is 14.3. The van der Waals surface area contributed by atoms with Gasteiger partial charge in [0.05, 0.1) is 23.9 Å². The molecular weight excluding hydrogens is 573 g/mol. The average Bonchev–Trinajstić information content (AvgIpc) is 2.84. The van der Waals surface area contributed by atoms with Crippen molar-refractivity contribution in [2.45, 2.75) is 40.2 Å². The second-order valence-corrected chi connectivity index (χ2v) is 15.1. The van der Waals surface area contributed by atoms with Gasteiger partial charge in [-0.3, -0.25) is 14.6 Å². The van der Waals surface area contributed by atoms with Gasteiger partial charge < -0.3 is 9.63 Å². The molecule has 11 nitrogen and oxygen atoms in total. The molecule has 3 atom stereocenters. The molecule has 14 heteroatoms. The van der Waals surface area contributed by atoms with Crippen LogP contribution in [0.25, 0.3) is 0 Å². The molecule has 0 fully saturated rings. The Hall–Kier alpha value is -2.80. The molecule has 4 rings (SSSR count). The number of amides is 1. The number of fused-ring (bicyclic) bond motifs is 1. The minimum Gasteiger partial charge on any atom is -0.383 e. The lowest BCUT2D eigenvalue weighted by Crippen LogP contribution is -2.58. The monoisotopic (exact) mass is 606 g/mol. The fourth-order valence-corrected chi connectivity index (χ4v) is 6.86. The van der Waals surface area contributed by atoms with Gasteiger partial charge in [0, 0.05) is 28.6 Å². The molecule has 3 N–H and O–H groups in total. The van der Waals surface area contributed by atoms with Crippen molar-refractivity contribution in [3.8, 4) is 0 Å². The number of quaternary nitrogens is 1. The Morgan fingerprint density at radius 1 is 1.25 bits per heavy atom. The van der Waals surface area contributed by atoms with Gasteiger partial charge in [-0.05, 0) is 42.7 Å². The largest absolute Gasteiger partial charge is 0.383 e. The van der Waals surface area contributed by atoms with Gasteiger partial charge in [0.25, 0.3) is 0 Å². The van der Waals surface area contributed by atoms with E-state index in [-0.39, 0.29) is 35.5 Å². The number of rotatable bonds is 7. The summed E-state index contributed by atoms with van der Waals surface area (Å²) in [5, 5.41) is 18.2. The molecule has 0 aromatic heterocycles. The third-order valence-corrected chi connectivity index (χ3v) is 9.29. The van der Waals surface area contributed by atoms with Crippen molar-refractivity contribution in [2.24, 2.45) is 15.3 Å². The Kier molecular flexibility index (Phi) is 8.21. The Morgan fingerprint density at radius 2 is 1.98 bits per heavy atom. The Bertz CT molecular complexity index is 1570. The predicted molar refractivity (Wildman–Crippen MR) is 161 cm³/mol. The summed E-state index contributed by atoms with van der Waals surface area (Å²) < 4.78 is 49.8. The molecule has 3 unspecified atom stereocenters. The zero-order valence-electron chi connectivity index (χ0n) is 22.9. The number of carbonyl (C=O) groups is 1. The number of thiocarbonyl (C=S) groups is 1. The van der Waals surface area contributed by atoms with E-state index in [1.54, 1.807) is 37.3 Å². The van der Waals surface area contributed by atoms with Crippen LogP contribution in [0, 0.1) is 5.41 Å². The van der Waals surface area contributed by atoms with Crippen molar-refractivity contribution >= 4 is 68.9 Å². The third-order valence-electron chi connectivity index (χ3n) is 6.29. The van der Waals surface area contributed by atoms with E-state index >= 15 is 0 Å². The number of carbonyl (C=O) groups excluding carboxylic acids is 1. The van der Waals surface area contributed by atoms with Crippen LogP contribution in [0.2, 0.25) is 0 Å². The summed E-state index contributed by atoms with van der Waals surface area (Å²) in [6.07, 6.45) is 8.53. The van der Waals surface area contributed by atoms with Gasteiger partial charge in [-0.2, -0.15) is 0 Å². The maximum Gasteiger partial charge on any atom is 0.372 e. The number of allylic oxidation sites excluding steroid dienone is 3. The SMILES string of the molecule is CCOP1(=O)N=C([N+]2(CCC(C)(C)C)N=C(C3=CC(=S)C(O)C=C3)C=CC2=O)Nc2ccc(NS(C)(=O)=O)cc21. The molecule has 1 aromatic carbocycles. The molecule has 1 aromatic rings. The van der Waals surface area contributed by atoms with Crippen LogP contribution in [0.3, 0.4) is 0 Å². The van der Waals surface area contributed by atoms with Crippen LogP contribution >= 0.6 is 19.7 Å². The first-order chi connectivity index (χ1) is 18.6. The van der Waals surface area contributed by atoms with Gasteiger partial charge in [-0.1, -0.05) is 54.8 Å². The maximum atomic E-state index is 14.3. The van der Waals surface area contributed by atoms with Crippen LogP contribution in [0.1, 0.15) is 34.1 Å². The standard InChI is InChI=1S/C26H32N5O6PS2/c1-6-37-38(34)22-16-18(30-40(5,35)36)8-9-20(22)27-25(29-38)31(14-13-26(2,3)4)24(33)12-10-19(28-31)17-7-11-21(32)23(39)15-17/h7-12,15-16,21,32H,6,13-14H2,1-5H3,(H-,27,28,29,30,33,34,39)/p+1. The van der Waals surface area contributed by atoms with E-state index in [0.29, 0.717) is 28.3 Å². The quantitative estimate of drug-likeness (QED) is 0.242. The average molecular weight is 607 g/mol. The highest BCUT2D eigenvalue weighted by atomic mass is 32.2. The van der Waals surface area contributed by atoms with Gasteiger partial charge in [0.1, 0.15) is 18.4 Å². The van der Waals surface area contributed by atoms with Crippen LogP contribution < -0.4 is 15.3 Å². The minimum atomic E-state index is -3.98. The number of guanidine groups is 1. The summed E-state index contributed by atoms with van der Waals surface area (Å²) in [6, 6.07) is 4.49. The Morgan fingerprint density at radius 3 is 2.60 bits per heavy atom. The lowest BCUT2D eigenvalue weighted by molar-refractivity contribution is -0.769. The van der Waals surface area contributed by atoms with E-state index in [1.807, 2.05) is 20.8 Å². The second kappa shape index (κ2) is 10.9. The first kappa shape index (κ1) is 30.2. The zero-order chi connectivity index (χ0) is 29.5. The molecule has 0 spiro atoms. The number of hydrogen-bond donors (Lipinski definition) is 3. The molecule has 0 radical (unpaired) electrons. The molecule has 1 aliphatic carbocycles. The molecule has 3 aliphatic rings. The highest BCUT2D eigenvalue weighted by Gasteiger charge is 2.50. The third kappa shape index (κ3) is 6.40. The lowest BCUT2D eigenvalue weighted by atomic mass is 9.92. The predicted octanol–water partition coefficient (Wildman–Crippen LogP) is 3.63. The summed E-state index contributed by atoms with van der Waals surface area (Å²) in [5.74, 6) is -0.378. The van der Waals surface area contributed by atoms with Crippen molar-refractivity contribution in [1.82, 2.24) is 0 Å². The van der Waals surface area contributed by atoms with Crippen molar-refractivity contribution in [3.63, 3.8) is 0 Å². The fraction of sp³-hybridized carbons (Fsp3) is 0.385. The van der Waals surface area contributed by atoms with Gasteiger partial charge in [0.15, 0.2) is 0 Å². The van der Waals surface area contributed by atoms with Gasteiger partial charge in [-0.25, -0.2) is 13.2 Å². The van der Waals surface area contributed by atoms with Crippen molar-refractivity contribution in [2.75, 3.05) is 29.4 Å². The van der Waals surface area contributed by atoms with E-state index in [9.17, 15) is 22.9 Å². The van der Waals surface area contributed by atoms with Crippen molar-refractivity contribution < 1.29 is 32.0 Å². The Balaban J connectivity index is 1.88.